The molecule has 3 aliphatic heterocycles. The summed E-state index contributed by atoms with van der Waals surface area (Å²) in [6, 6.07) is -1.21. The van der Waals surface area contributed by atoms with Gasteiger partial charge in [-0.15, -0.1) is 6.58 Å². The van der Waals surface area contributed by atoms with E-state index in [1.54, 1.807) is 34.6 Å². The second-order valence-electron chi connectivity index (χ2n) is 17.4. The highest BCUT2D eigenvalue weighted by molar-refractivity contribution is 6.39. The quantitative estimate of drug-likeness (QED) is 0.142. The van der Waals surface area contributed by atoms with Gasteiger partial charge in [0.1, 0.15) is 24.0 Å². The summed E-state index contributed by atoms with van der Waals surface area (Å²) in [5.41, 5.74) is 0.922. The summed E-state index contributed by atoms with van der Waals surface area (Å²) in [7, 11) is 4.40. The van der Waals surface area contributed by atoms with Gasteiger partial charge in [-0.05, 0) is 88.2 Å². The van der Waals surface area contributed by atoms with Crippen LogP contribution in [0.3, 0.4) is 0 Å². The summed E-state index contributed by atoms with van der Waals surface area (Å²) in [6.45, 7) is 12.0. The van der Waals surface area contributed by atoms with Crippen molar-refractivity contribution >= 4 is 23.4 Å². The predicted octanol–water partition coefficient (Wildman–Crippen LogP) is 2.58. The first kappa shape index (κ1) is 48.8. The van der Waals surface area contributed by atoms with E-state index >= 15 is 0 Å². The van der Waals surface area contributed by atoms with Crippen molar-refractivity contribution in [2.45, 2.75) is 159 Å². The summed E-state index contributed by atoms with van der Waals surface area (Å²) in [6.07, 6.45) is -1.47. The Balaban J connectivity index is 1.82. The van der Waals surface area contributed by atoms with E-state index in [0.717, 1.165) is 4.90 Å². The van der Waals surface area contributed by atoms with Crippen LogP contribution in [0.15, 0.2) is 36.0 Å². The molecule has 0 aromatic carbocycles. The molecule has 0 aromatic heterocycles. The zero-order valence-corrected chi connectivity index (χ0v) is 36.0. The van der Waals surface area contributed by atoms with Gasteiger partial charge in [-0.2, -0.15) is 0 Å². The molecule has 5 N–H and O–H groups in total. The lowest BCUT2D eigenvalue weighted by atomic mass is 9.81. The molecule has 0 spiro atoms. The minimum atomic E-state index is -2.61. The summed E-state index contributed by atoms with van der Waals surface area (Å²) < 4.78 is 29.5. The van der Waals surface area contributed by atoms with Gasteiger partial charge in [0.15, 0.2) is 0 Å². The van der Waals surface area contributed by atoms with Crippen LogP contribution in [0.2, 0.25) is 0 Å². The second kappa shape index (κ2) is 21.3. The minimum absolute atomic E-state index is 0.0311. The Labute approximate surface area is 348 Å². The number of piperidine rings is 1. The summed E-state index contributed by atoms with van der Waals surface area (Å²) in [4.78, 5) is 57.9. The molecule has 334 valence electrons. The number of ether oxygens (including phenoxy) is 5. The fourth-order valence-corrected chi connectivity index (χ4v) is 9.35. The molecule has 16 atom stereocenters. The van der Waals surface area contributed by atoms with Crippen molar-refractivity contribution in [3.8, 4) is 0 Å². The normalized spacial score (nSPS) is 41.8. The number of carbonyl (C=O) groups is 4. The number of allylic oxidation sites excluding steroid dienone is 1. The van der Waals surface area contributed by atoms with E-state index in [1.165, 1.54) is 33.5 Å². The molecule has 0 aromatic rings. The Morgan fingerprint density at radius 2 is 1.58 bits per heavy atom. The number of cyclic esters (lactones) is 1. The van der Waals surface area contributed by atoms with Crippen molar-refractivity contribution in [1.29, 1.82) is 0 Å². The molecule has 16 unspecified atom stereocenters. The van der Waals surface area contributed by atoms with Crippen LogP contribution in [-0.4, -0.2) is 149 Å². The maximum Gasteiger partial charge on any atom is 0.329 e. The fraction of sp³-hybridized carbons (Fsp3) is 0.773. The minimum Gasteiger partial charge on any atom is -0.456 e. The topological polar surface area (TPSA) is 219 Å². The third-order valence-electron chi connectivity index (χ3n) is 13.3. The third kappa shape index (κ3) is 11.2. The van der Waals surface area contributed by atoms with Gasteiger partial charge in [0.25, 0.3) is 11.7 Å². The van der Waals surface area contributed by atoms with Gasteiger partial charge >= 0.3 is 5.97 Å². The summed E-state index contributed by atoms with van der Waals surface area (Å²) in [5.74, 6) is -9.95. The number of methoxy groups -OCH3 is 3. The highest BCUT2D eigenvalue weighted by atomic mass is 16.7. The van der Waals surface area contributed by atoms with E-state index in [1.807, 2.05) is 6.08 Å². The van der Waals surface area contributed by atoms with Crippen molar-refractivity contribution in [3.05, 3.63) is 36.0 Å². The average molecular weight is 836 g/mol. The molecule has 3 fully saturated rings. The van der Waals surface area contributed by atoms with Crippen molar-refractivity contribution < 1.29 is 68.4 Å². The van der Waals surface area contributed by atoms with Gasteiger partial charge in [-0.3, -0.25) is 14.4 Å². The van der Waals surface area contributed by atoms with Gasteiger partial charge < -0.3 is 54.1 Å². The Morgan fingerprint density at radius 3 is 2.20 bits per heavy atom. The Hall–Kier alpha value is -2.86. The molecule has 2 bridgehead atoms. The predicted molar refractivity (Wildman–Crippen MR) is 215 cm³/mol. The van der Waals surface area contributed by atoms with E-state index < -0.39 is 120 Å². The van der Waals surface area contributed by atoms with E-state index in [-0.39, 0.29) is 31.7 Å². The van der Waals surface area contributed by atoms with Gasteiger partial charge in [-0.1, -0.05) is 39.0 Å². The number of fused-ring (bicyclic) bond motifs is 3. The standard InChI is InChI=1S/C44H69NO14/c1-10-31(46)29-18-23(2)38(50)24(3)19-36(56-8)40-37(57-9)20-26(5)44(54,59-40)41(51)42(52)45-16-12-11-13-30(45)43(53)58-39(27(6)33(48)22-34(29)49)25(4)17-28-14-15-32(47)35(21-28)55-7/h10,17-18,24,26-33,35-40,46-48,50,54H,1,11-16,19-22H2,2-9H3/b23-18-,25-17+. The number of amides is 1. The highest BCUT2D eigenvalue weighted by Crippen LogP contribution is 2.39. The number of nitrogens with zero attached hydrogens (tertiary/aromatic N) is 1. The molecular weight excluding hydrogens is 766 g/mol. The SMILES string of the molecule is C=CC(O)C1/C=C(/C)C(O)C(C)CC(OC)C2OC(O)(C(=O)C(=O)N3CCCCC3C(=O)OC(/C(C)=C/C3CCC(O)C(OC)C3)C(C)C(O)CC1=O)C(C)CC2OC. The van der Waals surface area contributed by atoms with Crippen LogP contribution in [0.25, 0.3) is 0 Å². The number of hydrogen-bond donors (Lipinski definition) is 5. The van der Waals surface area contributed by atoms with Gasteiger partial charge in [0.2, 0.25) is 5.79 Å². The Morgan fingerprint density at radius 1 is 0.932 bits per heavy atom. The molecule has 4 rings (SSSR count). The van der Waals surface area contributed by atoms with Crippen molar-refractivity contribution in [3.63, 3.8) is 0 Å². The number of hydrogen-bond acceptors (Lipinski definition) is 14. The van der Waals surface area contributed by atoms with E-state index in [0.29, 0.717) is 43.3 Å². The lowest BCUT2D eigenvalue weighted by Crippen LogP contribution is -2.64. The van der Waals surface area contributed by atoms with Gasteiger partial charge in [-0.25, -0.2) is 4.79 Å². The molecule has 15 nitrogen and oxygen atoms in total. The molecule has 15 heteroatoms. The number of esters is 1. The largest absolute Gasteiger partial charge is 0.456 e. The van der Waals surface area contributed by atoms with E-state index in [2.05, 4.69) is 6.58 Å². The van der Waals surface area contributed by atoms with Gasteiger partial charge in [0, 0.05) is 46.1 Å². The van der Waals surface area contributed by atoms with Crippen molar-refractivity contribution in [2.75, 3.05) is 27.9 Å². The van der Waals surface area contributed by atoms with Crippen molar-refractivity contribution in [1.82, 2.24) is 4.90 Å². The first-order valence-electron chi connectivity index (χ1n) is 21.1. The van der Waals surface area contributed by atoms with Crippen LogP contribution in [-0.2, 0) is 42.9 Å². The number of Topliss-reactive ketones (excluding diaryl/α,β-unsaturated/α-hetero) is 2. The number of aliphatic hydroxyl groups excluding tert-OH is 4. The lowest BCUT2D eigenvalue weighted by molar-refractivity contribution is -0.302. The van der Waals surface area contributed by atoms with Crippen LogP contribution < -0.4 is 0 Å². The number of carbonyl (C=O) groups excluding carboxylic acids is 4. The Bertz CT molecular complexity index is 1550. The molecule has 1 aliphatic carbocycles. The molecule has 1 amide bonds. The summed E-state index contributed by atoms with van der Waals surface area (Å²) in [5, 5.41) is 56.7. The van der Waals surface area contributed by atoms with Crippen molar-refractivity contribution in [2.24, 2.45) is 29.6 Å². The Kier molecular flexibility index (Phi) is 17.6. The molecular formula is C44H69NO14. The average Bonchev–Trinajstić information content (AvgIpc) is 3.23. The zero-order chi connectivity index (χ0) is 43.9. The highest BCUT2D eigenvalue weighted by Gasteiger charge is 2.57. The van der Waals surface area contributed by atoms with Crippen LogP contribution in [0.1, 0.15) is 92.4 Å². The van der Waals surface area contributed by atoms with E-state index in [4.69, 9.17) is 23.7 Å². The maximum atomic E-state index is 14.3. The molecule has 59 heavy (non-hydrogen) atoms. The number of ketones is 2. The summed E-state index contributed by atoms with van der Waals surface area (Å²) >= 11 is 0. The molecule has 1 saturated carbocycles. The number of rotatable bonds is 7. The molecule has 4 aliphatic rings. The fourth-order valence-electron chi connectivity index (χ4n) is 9.35. The monoisotopic (exact) mass is 835 g/mol. The molecule has 3 heterocycles. The second-order valence-corrected chi connectivity index (χ2v) is 17.4. The number of aliphatic hydroxyl groups is 5. The smallest absolute Gasteiger partial charge is 0.329 e. The zero-order valence-electron chi connectivity index (χ0n) is 36.0. The lowest BCUT2D eigenvalue weighted by Gasteiger charge is -2.47. The third-order valence-corrected chi connectivity index (χ3v) is 13.3. The molecule has 0 radical (unpaired) electrons. The first-order chi connectivity index (χ1) is 27.8. The maximum absolute atomic E-state index is 14.3. The first-order valence-corrected chi connectivity index (χ1v) is 21.1. The van der Waals surface area contributed by atoms with Crippen LogP contribution in [0.4, 0.5) is 0 Å². The van der Waals surface area contributed by atoms with Gasteiger partial charge in [0.05, 0.1) is 48.6 Å². The van der Waals surface area contributed by atoms with Crippen LogP contribution in [0.5, 0.6) is 0 Å². The van der Waals surface area contributed by atoms with Crippen LogP contribution >= 0.6 is 0 Å². The van der Waals surface area contributed by atoms with E-state index in [9.17, 15) is 44.7 Å². The van der Waals surface area contributed by atoms with Crippen LogP contribution in [0, 0.1) is 29.6 Å². The molecule has 2 saturated heterocycles.